The van der Waals surface area contributed by atoms with Gasteiger partial charge >= 0.3 is 0 Å². The molecule has 7 nitrogen and oxygen atoms in total. The molecule has 0 radical (unpaired) electrons. The molecule has 3 aliphatic rings. The number of carbonyl (C=O) groups is 1. The van der Waals surface area contributed by atoms with Crippen molar-refractivity contribution in [2.45, 2.75) is 38.3 Å². The van der Waals surface area contributed by atoms with Crippen molar-refractivity contribution in [3.8, 4) is 0 Å². The van der Waals surface area contributed by atoms with Gasteiger partial charge in [-0.2, -0.15) is 5.10 Å². The van der Waals surface area contributed by atoms with Crippen LogP contribution < -0.4 is 0 Å². The number of nitrogens with zero attached hydrogens (tertiary/aromatic N) is 5. The lowest BCUT2D eigenvalue weighted by Crippen LogP contribution is -2.53. The van der Waals surface area contributed by atoms with Crippen LogP contribution in [0.15, 0.2) is 12.4 Å². The van der Waals surface area contributed by atoms with Gasteiger partial charge in [-0.3, -0.25) is 14.4 Å². The first kappa shape index (κ1) is 18.9. The van der Waals surface area contributed by atoms with Gasteiger partial charge in [0.15, 0.2) is 0 Å². The van der Waals surface area contributed by atoms with Crippen molar-refractivity contribution in [2.24, 2.45) is 12.5 Å². The molecule has 0 spiro atoms. The van der Waals surface area contributed by atoms with Crippen molar-refractivity contribution >= 4 is 5.91 Å². The van der Waals surface area contributed by atoms with Crippen molar-refractivity contribution < 1.29 is 9.53 Å². The minimum absolute atomic E-state index is 0.00217. The van der Waals surface area contributed by atoms with Crippen LogP contribution in [0.2, 0.25) is 0 Å². The Labute approximate surface area is 162 Å². The quantitative estimate of drug-likeness (QED) is 0.790. The second-order valence-corrected chi connectivity index (χ2v) is 8.82. The first-order chi connectivity index (χ1) is 13.0. The van der Waals surface area contributed by atoms with Crippen molar-refractivity contribution in [3.63, 3.8) is 0 Å². The van der Waals surface area contributed by atoms with Gasteiger partial charge in [0, 0.05) is 50.4 Å². The number of likely N-dealkylation sites (N-methyl/N-ethyl adjacent to an activating group) is 1. The normalized spacial score (nSPS) is 29.5. The minimum atomic E-state index is -0.159. The molecule has 0 aromatic carbocycles. The first-order valence-corrected chi connectivity index (χ1v) is 10.3. The number of aryl methyl sites for hydroxylation is 1. The van der Waals surface area contributed by atoms with Crippen LogP contribution in [0, 0.1) is 5.41 Å². The predicted molar refractivity (Wildman–Crippen MR) is 103 cm³/mol. The van der Waals surface area contributed by atoms with Gasteiger partial charge in [-0.25, -0.2) is 0 Å². The van der Waals surface area contributed by atoms with Gasteiger partial charge in [0.1, 0.15) is 0 Å². The molecule has 27 heavy (non-hydrogen) atoms. The van der Waals surface area contributed by atoms with E-state index in [1.807, 2.05) is 24.1 Å². The van der Waals surface area contributed by atoms with Crippen molar-refractivity contribution in [1.82, 2.24) is 24.5 Å². The molecule has 1 aromatic heterocycles. The van der Waals surface area contributed by atoms with Gasteiger partial charge in [0.25, 0.3) is 0 Å². The number of morpholine rings is 1. The van der Waals surface area contributed by atoms with Gasteiger partial charge in [0.2, 0.25) is 5.91 Å². The molecule has 4 rings (SSSR count). The number of aromatic nitrogens is 2. The standard InChI is InChI=1S/C20H33N5O2/c1-20(5-6-20)19(26)25-11-12-27-17(18(25)16-13-21-23(3)14-16)15-24-8-4-7-22(2)9-10-24/h13-14,17-18H,4-12,15H2,1-3H3/t17-,18-/m0/s1. The number of carbonyl (C=O) groups excluding carboxylic acids is 1. The first-order valence-electron chi connectivity index (χ1n) is 10.3. The Bertz CT molecular complexity index is 671. The number of amides is 1. The molecule has 0 N–H and O–H groups in total. The summed E-state index contributed by atoms with van der Waals surface area (Å²) in [6.07, 6.45) is 7.13. The molecule has 1 aromatic rings. The number of hydrogen-bond donors (Lipinski definition) is 0. The highest BCUT2D eigenvalue weighted by Crippen LogP contribution is 2.48. The summed E-state index contributed by atoms with van der Waals surface area (Å²) in [6, 6.07) is -0.0432. The fourth-order valence-electron chi connectivity index (χ4n) is 4.39. The molecule has 1 saturated carbocycles. The molecule has 2 saturated heterocycles. The molecule has 3 fully saturated rings. The third kappa shape index (κ3) is 4.05. The maximum Gasteiger partial charge on any atom is 0.229 e. The summed E-state index contributed by atoms with van der Waals surface area (Å²) in [6.45, 7) is 8.66. The monoisotopic (exact) mass is 375 g/mol. The fourth-order valence-corrected chi connectivity index (χ4v) is 4.39. The molecular weight excluding hydrogens is 342 g/mol. The van der Waals surface area contributed by atoms with E-state index in [0.29, 0.717) is 19.1 Å². The van der Waals surface area contributed by atoms with E-state index in [0.717, 1.165) is 51.1 Å². The Morgan fingerprint density at radius 3 is 2.74 bits per heavy atom. The Balaban J connectivity index is 1.55. The van der Waals surface area contributed by atoms with Crippen LogP contribution in [0.3, 0.4) is 0 Å². The van der Waals surface area contributed by atoms with Crippen molar-refractivity contribution in [2.75, 3.05) is 52.9 Å². The van der Waals surface area contributed by atoms with Gasteiger partial charge in [-0.1, -0.05) is 6.92 Å². The second-order valence-electron chi connectivity index (χ2n) is 8.82. The summed E-state index contributed by atoms with van der Waals surface area (Å²) in [7, 11) is 4.12. The van der Waals surface area contributed by atoms with Crippen LogP contribution in [0.1, 0.15) is 37.8 Å². The maximum absolute atomic E-state index is 13.2. The summed E-state index contributed by atoms with van der Waals surface area (Å²) in [5, 5.41) is 4.37. The van der Waals surface area contributed by atoms with E-state index in [2.05, 4.69) is 33.8 Å². The highest BCUT2D eigenvalue weighted by atomic mass is 16.5. The molecule has 7 heteroatoms. The average molecular weight is 376 g/mol. The van der Waals surface area contributed by atoms with E-state index < -0.39 is 0 Å². The maximum atomic E-state index is 13.2. The van der Waals surface area contributed by atoms with Crippen molar-refractivity contribution in [1.29, 1.82) is 0 Å². The van der Waals surface area contributed by atoms with E-state index in [9.17, 15) is 4.79 Å². The molecule has 0 unspecified atom stereocenters. The molecular formula is C20H33N5O2. The summed E-state index contributed by atoms with van der Waals surface area (Å²) >= 11 is 0. The third-order valence-corrected chi connectivity index (χ3v) is 6.45. The van der Waals surface area contributed by atoms with Gasteiger partial charge in [-0.15, -0.1) is 0 Å². The summed E-state index contributed by atoms with van der Waals surface area (Å²) in [5.41, 5.74) is 0.931. The minimum Gasteiger partial charge on any atom is -0.373 e. The SMILES string of the molecule is CN1CCCN(C[C@@H]2OCCN(C(=O)C3(C)CC3)[C@H]2c2cnn(C)c2)CC1. The summed E-state index contributed by atoms with van der Waals surface area (Å²) in [4.78, 5) is 20.2. The van der Waals surface area contributed by atoms with E-state index in [1.54, 1.807) is 0 Å². The van der Waals surface area contributed by atoms with Crippen LogP contribution in [0.5, 0.6) is 0 Å². The lowest BCUT2D eigenvalue weighted by molar-refractivity contribution is -0.153. The number of rotatable bonds is 4. The number of ether oxygens (including phenoxy) is 1. The molecule has 0 bridgehead atoms. The zero-order valence-electron chi connectivity index (χ0n) is 16.9. The molecule has 3 heterocycles. The smallest absolute Gasteiger partial charge is 0.229 e. The van der Waals surface area contributed by atoms with E-state index in [4.69, 9.17) is 4.74 Å². The highest BCUT2D eigenvalue weighted by Gasteiger charge is 2.50. The predicted octanol–water partition coefficient (Wildman–Crippen LogP) is 1.13. The Hall–Kier alpha value is -1.44. The van der Waals surface area contributed by atoms with Crippen LogP contribution in [0.25, 0.3) is 0 Å². The van der Waals surface area contributed by atoms with Crippen LogP contribution in [0.4, 0.5) is 0 Å². The third-order valence-electron chi connectivity index (χ3n) is 6.45. The molecule has 1 aliphatic carbocycles. The fraction of sp³-hybridized carbons (Fsp3) is 0.800. The van der Waals surface area contributed by atoms with Crippen molar-refractivity contribution in [3.05, 3.63) is 18.0 Å². The van der Waals surface area contributed by atoms with Crippen LogP contribution in [-0.2, 0) is 16.6 Å². The molecule has 150 valence electrons. The Morgan fingerprint density at radius 2 is 2.04 bits per heavy atom. The van der Waals surface area contributed by atoms with Gasteiger partial charge < -0.3 is 14.5 Å². The Morgan fingerprint density at radius 1 is 1.22 bits per heavy atom. The van der Waals surface area contributed by atoms with Crippen LogP contribution in [-0.4, -0.2) is 89.4 Å². The lowest BCUT2D eigenvalue weighted by atomic mass is 9.97. The molecule has 2 aliphatic heterocycles. The summed E-state index contributed by atoms with van der Waals surface area (Å²) < 4.78 is 8.07. The largest absolute Gasteiger partial charge is 0.373 e. The highest BCUT2D eigenvalue weighted by molar-refractivity contribution is 5.85. The second kappa shape index (κ2) is 7.53. The van der Waals surface area contributed by atoms with Gasteiger partial charge in [0.05, 0.1) is 24.9 Å². The Kier molecular flexibility index (Phi) is 5.27. The lowest BCUT2D eigenvalue weighted by Gasteiger charge is -2.43. The van der Waals surface area contributed by atoms with E-state index >= 15 is 0 Å². The topological polar surface area (TPSA) is 53.8 Å². The van der Waals surface area contributed by atoms with Gasteiger partial charge in [-0.05, 0) is 39.4 Å². The zero-order valence-corrected chi connectivity index (χ0v) is 16.9. The van der Waals surface area contributed by atoms with Crippen LogP contribution >= 0.6 is 0 Å². The van der Waals surface area contributed by atoms with E-state index in [-0.39, 0.29) is 17.6 Å². The summed E-state index contributed by atoms with van der Waals surface area (Å²) in [5.74, 6) is 0.292. The molecule has 2 atom stereocenters. The number of hydrogen-bond acceptors (Lipinski definition) is 5. The zero-order chi connectivity index (χ0) is 19.0. The average Bonchev–Trinajstić information content (AvgIpc) is 3.32. The molecule has 1 amide bonds. The van der Waals surface area contributed by atoms with E-state index in [1.165, 1.54) is 6.42 Å².